The van der Waals surface area contributed by atoms with Crippen molar-refractivity contribution in [2.75, 3.05) is 13.2 Å². The van der Waals surface area contributed by atoms with Gasteiger partial charge in [-0.15, -0.1) is 0 Å². The van der Waals surface area contributed by atoms with Crippen molar-refractivity contribution in [2.45, 2.75) is 26.8 Å². The van der Waals surface area contributed by atoms with E-state index in [4.69, 9.17) is 21.9 Å². The molecule has 0 aliphatic carbocycles. The van der Waals surface area contributed by atoms with Crippen LogP contribution in [0.2, 0.25) is 0 Å². The minimum atomic E-state index is -0.0878. The SMILES string of the molecule is CCOCC(N=C(N)N=C(N)N)C(C)C. The first kappa shape index (κ1) is 13.7. The number of aliphatic imine (C=N–C) groups is 2. The topological polar surface area (TPSA) is 112 Å². The first-order chi connectivity index (χ1) is 6.97. The Morgan fingerprint density at radius 2 is 1.87 bits per heavy atom. The lowest BCUT2D eigenvalue weighted by molar-refractivity contribution is 0.122. The summed E-state index contributed by atoms with van der Waals surface area (Å²) in [6.07, 6.45) is 0. The van der Waals surface area contributed by atoms with Crippen molar-refractivity contribution in [3.63, 3.8) is 0 Å². The molecule has 0 saturated carbocycles. The predicted molar refractivity (Wildman–Crippen MR) is 62.6 cm³/mol. The molecule has 0 saturated heterocycles. The molecule has 1 unspecified atom stereocenters. The molecular weight excluding hydrogens is 194 g/mol. The Bertz CT molecular complexity index is 233. The fourth-order valence-electron chi connectivity index (χ4n) is 0.948. The third-order valence-electron chi connectivity index (χ3n) is 1.80. The Kier molecular flexibility index (Phi) is 6.44. The monoisotopic (exact) mass is 215 g/mol. The summed E-state index contributed by atoms with van der Waals surface area (Å²) in [5.41, 5.74) is 15.9. The standard InChI is InChI=1S/C9H21N5O/c1-4-15-5-7(6(2)3)13-9(12)14-8(10)11/h6-7H,4-5H2,1-3H3,(H6,10,11,12,13,14). The van der Waals surface area contributed by atoms with E-state index in [2.05, 4.69) is 9.98 Å². The Labute approximate surface area is 90.6 Å². The van der Waals surface area contributed by atoms with Crippen molar-refractivity contribution in [2.24, 2.45) is 33.1 Å². The Morgan fingerprint density at radius 1 is 1.27 bits per heavy atom. The lowest BCUT2D eigenvalue weighted by atomic mass is 10.1. The van der Waals surface area contributed by atoms with Gasteiger partial charge in [0.1, 0.15) is 0 Å². The summed E-state index contributed by atoms with van der Waals surface area (Å²) < 4.78 is 5.29. The average molecular weight is 215 g/mol. The van der Waals surface area contributed by atoms with E-state index in [0.29, 0.717) is 19.1 Å². The molecule has 6 N–H and O–H groups in total. The van der Waals surface area contributed by atoms with Gasteiger partial charge in [0.25, 0.3) is 0 Å². The molecule has 0 radical (unpaired) electrons. The maximum Gasteiger partial charge on any atom is 0.218 e. The van der Waals surface area contributed by atoms with Gasteiger partial charge in [0.2, 0.25) is 5.96 Å². The predicted octanol–water partition coefficient (Wildman–Crippen LogP) is -0.364. The summed E-state index contributed by atoms with van der Waals surface area (Å²) in [5, 5.41) is 0. The van der Waals surface area contributed by atoms with Gasteiger partial charge >= 0.3 is 0 Å². The third-order valence-corrected chi connectivity index (χ3v) is 1.80. The minimum Gasteiger partial charge on any atom is -0.380 e. The number of guanidine groups is 2. The van der Waals surface area contributed by atoms with E-state index in [0.717, 1.165) is 0 Å². The number of rotatable bonds is 5. The summed E-state index contributed by atoms with van der Waals surface area (Å²) in [6, 6.07) is -0.0203. The van der Waals surface area contributed by atoms with E-state index in [1.165, 1.54) is 0 Å². The summed E-state index contributed by atoms with van der Waals surface area (Å²) in [5.74, 6) is 0.327. The van der Waals surface area contributed by atoms with Crippen LogP contribution >= 0.6 is 0 Å². The third kappa shape index (κ3) is 6.73. The zero-order chi connectivity index (χ0) is 11.8. The van der Waals surface area contributed by atoms with Gasteiger partial charge < -0.3 is 21.9 Å². The summed E-state index contributed by atoms with van der Waals surface area (Å²) in [7, 11) is 0. The van der Waals surface area contributed by atoms with Crippen LogP contribution in [0.3, 0.4) is 0 Å². The summed E-state index contributed by atoms with van der Waals surface area (Å²) in [6.45, 7) is 7.18. The summed E-state index contributed by atoms with van der Waals surface area (Å²) >= 11 is 0. The van der Waals surface area contributed by atoms with Crippen LogP contribution in [0.1, 0.15) is 20.8 Å². The minimum absolute atomic E-state index is 0.0203. The van der Waals surface area contributed by atoms with E-state index in [9.17, 15) is 0 Å². The molecule has 0 aromatic rings. The number of ether oxygens (including phenoxy) is 1. The molecular formula is C9H21N5O. The highest BCUT2D eigenvalue weighted by molar-refractivity contribution is 5.92. The first-order valence-electron chi connectivity index (χ1n) is 4.98. The highest BCUT2D eigenvalue weighted by Gasteiger charge is 2.12. The Morgan fingerprint density at radius 3 is 2.27 bits per heavy atom. The Hall–Kier alpha value is -1.30. The average Bonchev–Trinajstić information content (AvgIpc) is 2.10. The normalized spacial score (nSPS) is 14.0. The molecule has 0 rings (SSSR count). The van der Waals surface area contributed by atoms with Gasteiger partial charge in [0, 0.05) is 6.61 Å². The van der Waals surface area contributed by atoms with Gasteiger partial charge in [-0.3, -0.25) is 0 Å². The van der Waals surface area contributed by atoms with E-state index in [1.807, 2.05) is 20.8 Å². The molecule has 0 heterocycles. The van der Waals surface area contributed by atoms with Crippen molar-refractivity contribution in [1.29, 1.82) is 0 Å². The Balaban J connectivity index is 4.44. The molecule has 0 aromatic carbocycles. The van der Waals surface area contributed by atoms with Gasteiger partial charge in [-0.2, -0.15) is 4.99 Å². The number of hydrogen-bond acceptors (Lipinski definition) is 2. The van der Waals surface area contributed by atoms with Crippen LogP contribution in [0.25, 0.3) is 0 Å². The fraction of sp³-hybridized carbons (Fsp3) is 0.778. The van der Waals surface area contributed by atoms with Gasteiger partial charge in [-0.1, -0.05) is 13.8 Å². The summed E-state index contributed by atoms with van der Waals surface area (Å²) in [4.78, 5) is 7.83. The second-order valence-electron chi connectivity index (χ2n) is 3.49. The quantitative estimate of drug-likeness (QED) is 0.429. The second-order valence-corrected chi connectivity index (χ2v) is 3.49. The van der Waals surface area contributed by atoms with Crippen LogP contribution in [0, 0.1) is 5.92 Å². The van der Waals surface area contributed by atoms with Gasteiger partial charge in [-0.25, -0.2) is 4.99 Å². The maximum atomic E-state index is 5.53. The van der Waals surface area contributed by atoms with Gasteiger partial charge in [0.15, 0.2) is 5.96 Å². The molecule has 0 aliphatic rings. The first-order valence-corrected chi connectivity index (χ1v) is 4.98. The lowest BCUT2D eigenvalue weighted by Gasteiger charge is -2.16. The molecule has 0 bridgehead atoms. The smallest absolute Gasteiger partial charge is 0.218 e. The lowest BCUT2D eigenvalue weighted by Crippen LogP contribution is -2.29. The molecule has 15 heavy (non-hydrogen) atoms. The molecule has 0 aliphatic heterocycles. The zero-order valence-electron chi connectivity index (χ0n) is 9.60. The highest BCUT2D eigenvalue weighted by atomic mass is 16.5. The number of nitrogens with zero attached hydrogens (tertiary/aromatic N) is 2. The van der Waals surface area contributed by atoms with E-state index >= 15 is 0 Å². The van der Waals surface area contributed by atoms with Crippen LogP contribution in [0.15, 0.2) is 9.98 Å². The van der Waals surface area contributed by atoms with Crippen LogP contribution in [0.5, 0.6) is 0 Å². The molecule has 6 heteroatoms. The van der Waals surface area contributed by atoms with E-state index in [1.54, 1.807) is 0 Å². The fourth-order valence-corrected chi connectivity index (χ4v) is 0.948. The van der Waals surface area contributed by atoms with Gasteiger partial charge in [0.05, 0.1) is 12.6 Å². The largest absolute Gasteiger partial charge is 0.380 e. The second kappa shape index (κ2) is 7.05. The molecule has 6 nitrogen and oxygen atoms in total. The van der Waals surface area contributed by atoms with Crippen LogP contribution in [0.4, 0.5) is 0 Å². The molecule has 1 atom stereocenters. The van der Waals surface area contributed by atoms with Crippen molar-refractivity contribution in [1.82, 2.24) is 0 Å². The zero-order valence-corrected chi connectivity index (χ0v) is 9.60. The van der Waals surface area contributed by atoms with Crippen molar-refractivity contribution < 1.29 is 4.74 Å². The van der Waals surface area contributed by atoms with Crippen molar-refractivity contribution in [3.8, 4) is 0 Å². The highest BCUT2D eigenvalue weighted by Crippen LogP contribution is 2.07. The molecule has 0 fully saturated rings. The maximum absolute atomic E-state index is 5.53. The van der Waals surface area contributed by atoms with Crippen molar-refractivity contribution >= 4 is 11.9 Å². The number of hydrogen-bond donors (Lipinski definition) is 3. The number of nitrogens with two attached hydrogens (primary N) is 3. The van der Waals surface area contributed by atoms with Gasteiger partial charge in [-0.05, 0) is 12.8 Å². The van der Waals surface area contributed by atoms with Crippen LogP contribution in [-0.4, -0.2) is 31.2 Å². The molecule has 0 spiro atoms. The molecule has 88 valence electrons. The van der Waals surface area contributed by atoms with Crippen LogP contribution in [-0.2, 0) is 4.74 Å². The molecule has 0 aromatic heterocycles. The molecule has 0 amide bonds. The van der Waals surface area contributed by atoms with E-state index < -0.39 is 0 Å². The van der Waals surface area contributed by atoms with E-state index in [-0.39, 0.29) is 18.0 Å². The van der Waals surface area contributed by atoms with Crippen molar-refractivity contribution in [3.05, 3.63) is 0 Å². The van der Waals surface area contributed by atoms with Crippen LogP contribution < -0.4 is 17.2 Å².